The second-order valence-electron chi connectivity index (χ2n) is 5.34. The van der Waals surface area contributed by atoms with Crippen molar-refractivity contribution in [2.45, 2.75) is 0 Å². The van der Waals surface area contributed by atoms with Crippen molar-refractivity contribution in [3.63, 3.8) is 0 Å². The van der Waals surface area contributed by atoms with E-state index in [4.69, 9.17) is 14.2 Å². The molecular formula is C18H16N4O5. The fraction of sp³-hybridized carbons (Fsp3) is 0.167. The first-order valence-electron chi connectivity index (χ1n) is 7.88. The van der Waals surface area contributed by atoms with Crippen LogP contribution in [0.5, 0.6) is 11.5 Å². The van der Waals surface area contributed by atoms with E-state index < -0.39 is 18.4 Å². The third kappa shape index (κ3) is 3.92. The van der Waals surface area contributed by atoms with Crippen molar-refractivity contribution in [3.05, 3.63) is 59.9 Å². The van der Waals surface area contributed by atoms with Crippen molar-refractivity contribution in [2.24, 2.45) is 0 Å². The van der Waals surface area contributed by atoms with Gasteiger partial charge in [-0.3, -0.25) is 4.79 Å². The Hall–Kier alpha value is -3.75. The summed E-state index contributed by atoms with van der Waals surface area (Å²) in [5, 5.41) is 10.9. The Labute approximate surface area is 154 Å². The lowest BCUT2D eigenvalue weighted by Crippen LogP contribution is -2.16. The van der Waals surface area contributed by atoms with E-state index in [-0.39, 0.29) is 11.1 Å². The highest BCUT2D eigenvalue weighted by molar-refractivity contribution is 6.02. The number of rotatable bonds is 7. The number of carbonyl (C=O) groups excluding carboxylic acids is 2. The molecule has 1 heterocycles. The molecule has 0 spiro atoms. The third-order valence-corrected chi connectivity index (χ3v) is 3.76. The molecule has 1 aromatic heterocycles. The van der Waals surface area contributed by atoms with Crippen molar-refractivity contribution < 1.29 is 23.8 Å². The second-order valence-corrected chi connectivity index (χ2v) is 5.34. The zero-order valence-electron chi connectivity index (χ0n) is 14.7. The smallest absolute Gasteiger partial charge is 0.340 e. The number of carbonyl (C=O) groups is 2. The number of hydrogen-bond donors (Lipinski definition) is 0. The maximum Gasteiger partial charge on any atom is 0.340 e. The largest absolute Gasteiger partial charge is 0.497 e. The SMILES string of the molecule is COc1ccc(OC)c(C(=O)COC(=O)c2ccccc2-n2cnnn2)c1. The minimum atomic E-state index is -0.670. The number of aromatic nitrogens is 4. The summed E-state index contributed by atoms with van der Waals surface area (Å²) in [4.78, 5) is 25.0. The van der Waals surface area contributed by atoms with Crippen molar-refractivity contribution in [1.82, 2.24) is 20.2 Å². The molecular weight excluding hydrogens is 352 g/mol. The summed E-state index contributed by atoms with van der Waals surface area (Å²) in [6.07, 6.45) is 1.36. The van der Waals surface area contributed by atoms with E-state index >= 15 is 0 Å². The number of esters is 1. The summed E-state index contributed by atoms with van der Waals surface area (Å²) in [7, 11) is 2.94. The molecule has 0 atom stereocenters. The summed E-state index contributed by atoms with van der Waals surface area (Å²) in [6.45, 7) is -0.452. The Morgan fingerprint density at radius 3 is 2.56 bits per heavy atom. The number of methoxy groups -OCH3 is 2. The molecule has 138 valence electrons. The predicted molar refractivity (Wildman–Crippen MR) is 93.3 cm³/mol. The van der Waals surface area contributed by atoms with Crippen LogP contribution in [0, 0.1) is 0 Å². The first kappa shape index (κ1) is 18.1. The van der Waals surface area contributed by atoms with E-state index in [1.54, 1.807) is 36.4 Å². The van der Waals surface area contributed by atoms with Crippen LogP contribution in [-0.2, 0) is 4.74 Å². The molecule has 9 heteroatoms. The molecule has 0 saturated carbocycles. The fourth-order valence-electron chi connectivity index (χ4n) is 2.44. The van der Waals surface area contributed by atoms with Gasteiger partial charge in [0, 0.05) is 0 Å². The Morgan fingerprint density at radius 2 is 1.85 bits per heavy atom. The molecule has 9 nitrogen and oxygen atoms in total. The van der Waals surface area contributed by atoms with Crippen molar-refractivity contribution >= 4 is 11.8 Å². The van der Waals surface area contributed by atoms with Crippen LogP contribution in [0.4, 0.5) is 0 Å². The molecule has 3 aromatic rings. The lowest BCUT2D eigenvalue weighted by molar-refractivity contribution is 0.0473. The van der Waals surface area contributed by atoms with Crippen LogP contribution >= 0.6 is 0 Å². The van der Waals surface area contributed by atoms with Gasteiger partial charge >= 0.3 is 5.97 Å². The number of para-hydroxylation sites is 1. The zero-order chi connectivity index (χ0) is 19.2. The van der Waals surface area contributed by atoms with Gasteiger partial charge in [0.2, 0.25) is 5.78 Å². The van der Waals surface area contributed by atoms with Crippen LogP contribution in [0.3, 0.4) is 0 Å². The number of tetrazole rings is 1. The normalized spacial score (nSPS) is 10.3. The molecule has 0 fully saturated rings. The average Bonchev–Trinajstić information content (AvgIpc) is 3.26. The molecule has 3 rings (SSSR count). The number of benzene rings is 2. The van der Waals surface area contributed by atoms with Gasteiger partial charge in [-0.1, -0.05) is 12.1 Å². The monoisotopic (exact) mass is 368 g/mol. The molecule has 27 heavy (non-hydrogen) atoms. The molecule has 2 aromatic carbocycles. The maximum absolute atomic E-state index is 12.5. The molecule has 0 unspecified atom stereocenters. The zero-order valence-corrected chi connectivity index (χ0v) is 14.7. The highest BCUT2D eigenvalue weighted by Gasteiger charge is 2.19. The Balaban J connectivity index is 1.76. The number of hydrogen-bond acceptors (Lipinski definition) is 8. The van der Waals surface area contributed by atoms with Crippen LogP contribution in [0.2, 0.25) is 0 Å². The molecule has 0 bridgehead atoms. The number of nitrogens with zero attached hydrogens (tertiary/aromatic N) is 4. The van der Waals surface area contributed by atoms with Gasteiger partial charge in [-0.15, -0.1) is 5.10 Å². The van der Waals surface area contributed by atoms with Crippen molar-refractivity contribution in [2.75, 3.05) is 20.8 Å². The summed E-state index contributed by atoms with van der Waals surface area (Å²) in [5.41, 5.74) is 0.938. The van der Waals surface area contributed by atoms with E-state index in [2.05, 4.69) is 15.5 Å². The van der Waals surface area contributed by atoms with E-state index in [0.29, 0.717) is 17.2 Å². The molecule has 0 aliphatic carbocycles. The summed E-state index contributed by atoms with van der Waals surface area (Å²) in [6, 6.07) is 11.5. The predicted octanol–water partition coefficient (Wildman–Crippen LogP) is 1.72. The topological polar surface area (TPSA) is 105 Å². The standard InChI is InChI=1S/C18H16N4O5/c1-25-12-7-8-17(26-2)14(9-12)16(23)10-27-18(24)13-5-3-4-6-15(13)22-11-19-20-21-22/h3-9,11H,10H2,1-2H3. The van der Waals surface area contributed by atoms with E-state index in [1.807, 2.05) is 0 Å². The van der Waals surface area contributed by atoms with Gasteiger partial charge in [-0.25, -0.2) is 4.79 Å². The maximum atomic E-state index is 12.5. The summed E-state index contributed by atoms with van der Waals surface area (Å²) in [5.74, 6) is -0.226. The van der Waals surface area contributed by atoms with Crippen molar-refractivity contribution in [3.8, 4) is 17.2 Å². The fourth-order valence-corrected chi connectivity index (χ4v) is 2.44. The van der Waals surface area contributed by atoms with Crippen LogP contribution in [0.25, 0.3) is 5.69 Å². The number of Topliss-reactive ketones (excluding diaryl/α,β-unsaturated/α-hetero) is 1. The average molecular weight is 368 g/mol. The quantitative estimate of drug-likeness (QED) is 0.458. The minimum absolute atomic E-state index is 0.232. The Morgan fingerprint density at radius 1 is 1.04 bits per heavy atom. The molecule has 0 radical (unpaired) electrons. The van der Waals surface area contributed by atoms with Gasteiger partial charge in [0.1, 0.15) is 17.8 Å². The lowest BCUT2D eigenvalue weighted by Gasteiger charge is -2.11. The van der Waals surface area contributed by atoms with Crippen LogP contribution in [0.15, 0.2) is 48.8 Å². The van der Waals surface area contributed by atoms with Gasteiger partial charge in [-0.2, -0.15) is 4.68 Å². The second kappa shape index (κ2) is 8.09. The van der Waals surface area contributed by atoms with E-state index in [1.165, 1.54) is 31.3 Å². The molecule has 0 aliphatic rings. The van der Waals surface area contributed by atoms with Gasteiger partial charge in [0.25, 0.3) is 0 Å². The first-order valence-corrected chi connectivity index (χ1v) is 7.88. The van der Waals surface area contributed by atoms with Crippen LogP contribution < -0.4 is 9.47 Å². The van der Waals surface area contributed by atoms with Gasteiger partial charge in [0.15, 0.2) is 6.61 Å². The van der Waals surface area contributed by atoms with Gasteiger partial charge < -0.3 is 14.2 Å². The minimum Gasteiger partial charge on any atom is -0.497 e. The van der Waals surface area contributed by atoms with Crippen LogP contribution in [0.1, 0.15) is 20.7 Å². The molecule has 0 aliphatic heterocycles. The first-order chi connectivity index (χ1) is 13.1. The highest BCUT2D eigenvalue weighted by atomic mass is 16.5. The van der Waals surface area contributed by atoms with E-state index in [0.717, 1.165) is 0 Å². The van der Waals surface area contributed by atoms with Gasteiger partial charge in [0.05, 0.1) is 31.0 Å². The molecule has 0 amide bonds. The molecule has 0 saturated heterocycles. The lowest BCUT2D eigenvalue weighted by atomic mass is 10.1. The molecule has 0 N–H and O–H groups in total. The third-order valence-electron chi connectivity index (χ3n) is 3.76. The number of ether oxygens (including phenoxy) is 3. The van der Waals surface area contributed by atoms with Crippen molar-refractivity contribution in [1.29, 1.82) is 0 Å². The Kier molecular flexibility index (Phi) is 5.41. The van der Waals surface area contributed by atoms with E-state index in [9.17, 15) is 9.59 Å². The highest BCUT2D eigenvalue weighted by Crippen LogP contribution is 2.24. The van der Waals surface area contributed by atoms with Gasteiger partial charge in [-0.05, 0) is 40.8 Å². The summed E-state index contributed by atoms with van der Waals surface area (Å²) < 4.78 is 16.8. The summed E-state index contributed by atoms with van der Waals surface area (Å²) >= 11 is 0. The Bertz CT molecular complexity index is 956. The number of ketones is 1. The van der Waals surface area contributed by atoms with Crippen LogP contribution in [-0.4, -0.2) is 52.8 Å².